The van der Waals surface area contributed by atoms with E-state index in [0.29, 0.717) is 23.0 Å². The Bertz CT molecular complexity index is 735. The molecule has 2 aromatic rings. The Morgan fingerprint density at radius 3 is 2.40 bits per heavy atom. The molecule has 6 nitrogen and oxygen atoms in total. The molecule has 0 aliphatic rings. The van der Waals surface area contributed by atoms with Crippen molar-refractivity contribution in [1.29, 1.82) is 0 Å². The number of rotatable bonds is 4. The lowest BCUT2D eigenvalue weighted by molar-refractivity contribution is 0.0635. The number of nitrogens with one attached hydrogen (secondary N) is 1. The maximum absolute atomic E-state index is 12.0. The molecule has 134 valence electrons. The minimum Gasteiger partial charge on any atom is -0.494 e. The minimum atomic E-state index is -0.576. The van der Waals surface area contributed by atoms with E-state index in [0.717, 1.165) is 11.3 Å². The second kappa shape index (κ2) is 7.51. The van der Waals surface area contributed by atoms with Crippen LogP contribution in [-0.2, 0) is 4.74 Å². The van der Waals surface area contributed by atoms with E-state index in [1.807, 2.05) is 32.9 Å². The van der Waals surface area contributed by atoms with Crippen LogP contribution >= 0.6 is 0 Å². The van der Waals surface area contributed by atoms with Crippen molar-refractivity contribution in [2.75, 3.05) is 12.4 Å². The van der Waals surface area contributed by atoms with Gasteiger partial charge in [0.15, 0.2) is 5.75 Å². The highest BCUT2D eigenvalue weighted by atomic mass is 16.6. The first-order valence-electron chi connectivity index (χ1n) is 8.20. The molecule has 1 aromatic carbocycles. The van der Waals surface area contributed by atoms with Gasteiger partial charge < -0.3 is 9.47 Å². The van der Waals surface area contributed by atoms with Crippen LogP contribution in [0.5, 0.6) is 5.75 Å². The van der Waals surface area contributed by atoms with E-state index in [4.69, 9.17) is 9.47 Å². The molecule has 25 heavy (non-hydrogen) atoms. The van der Waals surface area contributed by atoms with Crippen LogP contribution in [0.3, 0.4) is 0 Å². The summed E-state index contributed by atoms with van der Waals surface area (Å²) in [5.74, 6) is 0.823. The Balaban J connectivity index is 2.33. The van der Waals surface area contributed by atoms with Gasteiger partial charge in [-0.15, -0.1) is 0 Å². The molecule has 6 heteroatoms. The van der Waals surface area contributed by atoms with Crippen molar-refractivity contribution in [3.63, 3.8) is 0 Å². The zero-order chi connectivity index (χ0) is 18.6. The van der Waals surface area contributed by atoms with Gasteiger partial charge in [0, 0.05) is 11.8 Å². The Labute approximate surface area is 148 Å². The van der Waals surface area contributed by atoms with Gasteiger partial charge in [-0.1, -0.05) is 19.9 Å². The van der Waals surface area contributed by atoms with E-state index in [1.165, 1.54) is 0 Å². The van der Waals surface area contributed by atoms with Gasteiger partial charge in [-0.05, 0) is 38.8 Å². The lowest BCUT2D eigenvalue weighted by Crippen LogP contribution is -2.27. The van der Waals surface area contributed by atoms with Crippen molar-refractivity contribution >= 4 is 11.8 Å². The highest BCUT2D eigenvalue weighted by Crippen LogP contribution is 2.35. The van der Waals surface area contributed by atoms with Crippen LogP contribution in [0.1, 0.15) is 46.2 Å². The van der Waals surface area contributed by atoms with Crippen molar-refractivity contribution in [1.82, 2.24) is 9.97 Å². The number of benzene rings is 1. The fourth-order valence-electron chi connectivity index (χ4n) is 2.25. The van der Waals surface area contributed by atoms with E-state index in [-0.39, 0.29) is 0 Å². The Kier molecular flexibility index (Phi) is 5.62. The molecule has 0 spiro atoms. The molecule has 0 fully saturated rings. The lowest BCUT2D eigenvalue weighted by atomic mass is 10.1. The van der Waals surface area contributed by atoms with Crippen LogP contribution in [0.4, 0.5) is 10.5 Å². The molecule has 0 saturated carbocycles. The van der Waals surface area contributed by atoms with Crippen molar-refractivity contribution in [2.45, 2.75) is 46.1 Å². The van der Waals surface area contributed by atoms with Crippen LogP contribution in [-0.4, -0.2) is 28.8 Å². The highest BCUT2D eigenvalue weighted by Gasteiger charge is 2.19. The Morgan fingerprint density at radius 1 is 1.16 bits per heavy atom. The van der Waals surface area contributed by atoms with Crippen LogP contribution in [0, 0.1) is 0 Å². The normalized spacial score (nSPS) is 11.3. The lowest BCUT2D eigenvalue weighted by Gasteiger charge is -2.20. The zero-order valence-corrected chi connectivity index (χ0v) is 15.6. The first kappa shape index (κ1) is 18.7. The molecule has 1 N–H and O–H groups in total. The number of hydrogen-bond donors (Lipinski definition) is 1. The highest BCUT2D eigenvalue weighted by molar-refractivity contribution is 5.89. The molecule has 0 bridgehead atoms. The second-order valence-corrected chi connectivity index (χ2v) is 6.99. The molecule has 0 aliphatic carbocycles. The van der Waals surface area contributed by atoms with Gasteiger partial charge in [-0.2, -0.15) is 0 Å². The predicted molar refractivity (Wildman–Crippen MR) is 98.0 cm³/mol. The van der Waals surface area contributed by atoms with Gasteiger partial charge in [0.2, 0.25) is 0 Å². The number of para-hydroxylation sites is 1. The van der Waals surface area contributed by atoms with Gasteiger partial charge in [-0.25, -0.2) is 4.79 Å². The summed E-state index contributed by atoms with van der Waals surface area (Å²) in [7, 11) is 1.55. The Hall–Kier alpha value is -2.63. The summed E-state index contributed by atoms with van der Waals surface area (Å²) < 4.78 is 10.8. The standard InChI is InChI=1S/C19H25N3O3/c1-12(2)15-10-21-16(11-20-15)13-8-7-9-14(17(13)24-6)22-18(23)25-19(3,4)5/h7-12H,1-6H3,(H,22,23). The van der Waals surface area contributed by atoms with Gasteiger partial charge in [0.25, 0.3) is 0 Å². The van der Waals surface area contributed by atoms with Crippen molar-refractivity contribution in [2.24, 2.45) is 0 Å². The van der Waals surface area contributed by atoms with Crippen molar-refractivity contribution in [3.05, 3.63) is 36.3 Å². The predicted octanol–water partition coefficient (Wildman–Crippen LogP) is 4.62. The molecular weight excluding hydrogens is 318 g/mol. The molecule has 1 amide bonds. The zero-order valence-electron chi connectivity index (χ0n) is 15.6. The van der Waals surface area contributed by atoms with E-state index in [2.05, 4.69) is 29.1 Å². The number of methoxy groups -OCH3 is 1. The second-order valence-electron chi connectivity index (χ2n) is 6.99. The molecule has 0 atom stereocenters. The fourth-order valence-corrected chi connectivity index (χ4v) is 2.25. The molecule has 0 saturated heterocycles. The third-order valence-electron chi connectivity index (χ3n) is 3.39. The smallest absolute Gasteiger partial charge is 0.412 e. The van der Waals surface area contributed by atoms with Crippen LogP contribution < -0.4 is 10.1 Å². The minimum absolute atomic E-state index is 0.309. The fraction of sp³-hybridized carbons (Fsp3) is 0.421. The first-order chi connectivity index (χ1) is 11.7. The monoisotopic (exact) mass is 343 g/mol. The number of anilines is 1. The molecule has 1 aromatic heterocycles. The van der Waals surface area contributed by atoms with Gasteiger partial charge >= 0.3 is 6.09 Å². The first-order valence-corrected chi connectivity index (χ1v) is 8.20. The number of ether oxygens (including phenoxy) is 2. The van der Waals surface area contributed by atoms with Crippen molar-refractivity contribution < 1.29 is 14.3 Å². The summed E-state index contributed by atoms with van der Waals surface area (Å²) in [5, 5.41) is 2.72. The average Bonchev–Trinajstić information content (AvgIpc) is 2.53. The molecule has 0 unspecified atom stereocenters. The summed E-state index contributed by atoms with van der Waals surface area (Å²) >= 11 is 0. The molecule has 1 heterocycles. The number of aromatic nitrogens is 2. The van der Waals surface area contributed by atoms with Crippen LogP contribution in [0.15, 0.2) is 30.6 Å². The summed E-state index contributed by atoms with van der Waals surface area (Å²) in [5.41, 5.74) is 2.29. The quantitative estimate of drug-likeness (QED) is 0.876. The summed E-state index contributed by atoms with van der Waals surface area (Å²) in [6.07, 6.45) is 2.93. The number of hydrogen-bond acceptors (Lipinski definition) is 5. The topological polar surface area (TPSA) is 73.3 Å². The molecule has 2 rings (SSSR count). The number of carbonyl (C=O) groups is 1. The van der Waals surface area contributed by atoms with Gasteiger partial charge in [-0.3, -0.25) is 15.3 Å². The third-order valence-corrected chi connectivity index (χ3v) is 3.39. The van der Waals surface area contributed by atoms with Gasteiger partial charge in [0.1, 0.15) is 5.60 Å². The number of carbonyl (C=O) groups excluding carboxylic acids is 1. The average molecular weight is 343 g/mol. The maximum Gasteiger partial charge on any atom is 0.412 e. The SMILES string of the molecule is COc1c(NC(=O)OC(C)(C)C)cccc1-c1cnc(C(C)C)cn1. The summed E-state index contributed by atoms with van der Waals surface area (Å²) in [4.78, 5) is 21.0. The van der Waals surface area contributed by atoms with Gasteiger partial charge in [0.05, 0.1) is 30.4 Å². The van der Waals surface area contributed by atoms with E-state index < -0.39 is 11.7 Å². The Morgan fingerprint density at radius 2 is 1.88 bits per heavy atom. The third kappa shape index (κ3) is 4.92. The number of amides is 1. The summed E-state index contributed by atoms with van der Waals surface area (Å²) in [6, 6.07) is 5.45. The van der Waals surface area contributed by atoms with Crippen LogP contribution in [0.2, 0.25) is 0 Å². The molecule has 0 radical (unpaired) electrons. The van der Waals surface area contributed by atoms with E-state index >= 15 is 0 Å². The van der Waals surface area contributed by atoms with Crippen molar-refractivity contribution in [3.8, 4) is 17.0 Å². The number of nitrogens with zero attached hydrogens (tertiary/aromatic N) is 2. The molecular formula is C19H25N3O3. The maximum atomic E-state index is 12.0. The largest absolute Gasteiger partial charge is 0.494 e. The van der Waals surface area contributed by atoms with E-state index in [1.54, 1.807) is 25.6 Å². The molecule has 0 aliphatic heterocycles. The summed E-state index contributed by atoms with van der Waals surface area (Å²) in [6.45, 7) is 9.57. The van der Waals surface area contributed by atoms with E-state index in [9.17, 15) is 4.79 Å². The van der Waals surface area contributed by atoms with Crippen LogP contribution in [0.25, 0.3) is 11.3 Å².